The third kappa shape index (κ3) is 4.67. The van der Waals surface area contributed by atoms with E-state index >= 15 is 0 Å². The van der Waals surface area contributed by atoms with Gasteiger partial charge >= 0.3 is 0 Å². The molecular weight excluding hydrogens is 437 g/mol. The van der Waals surface area contributed by atoms with Crippen molar-refractivity contribution in [2.24, 2.45) is 0 Å². The van der Waals surface area contributed by atoms with Crippen LogP contribution in [-0.2, 0) is 13.2 Å². The lowest BCUT2D eigenvalue weighted by atomic mass is 10.1. The lowest BCUT2D eigenvalue weighted by Gasteiger charge is -2.14. The van der Waals surface area contributed by atoms with Crippen LogP contribution in [0.2, 0.25) is 15.1 Å². The third-order valence-electron chi connectivity index (χ3n) is 4.98. The summed E-state index contributed by atoms with van der Waals surface area (Å²) >= 11 is 19.2. The minimum absolute atomic E-state index is 0.389. The molecule has 0 bridgehead atoms. The topological polar surface area (TPSA) is 21.3 Å². The van der Waals surface area contributed by atoms with Gasteiger partial charge in [-0.1, -0.05) is 83.3 Å². The van der Waals surface area contributed by atoms with Crippen molar-refractivity contribution in [3.05, 3.63) is 105 Å². The van der Waals surface area contributed by atoms with Crippen LogP contribution < -0.4 is 10.1 Å². The zero-order chi connectivity index (χ0) is 21.1. The number of anilines is 1. The van der Waals surface area contributed by atoms with Crippen molar-refractivity contribution >= 4 is 51.3 Å². The van der Waals surface area contributed by atoms with E-state index in [0.29, 0.717) is 28.9 Å². The van der Waals surface area contributed by atoms with E-state index in [9.17, 15) is 0 Å². The zero-order valence-corrected chi connectivity index (χ0v) is 18.7. The van der Waals surface area contributed by atoms with Gasteiger partial charge in [0.15, 0.2) is 5.75 Å². The number of aryl methyl sites for hydroxylation is 1. The van der Waals surface area contributed by atoms with Crippen molar-refractivity contribution in [2.75, 3.05) is 5.32 Å². The van der Waals surface area contributed by atoms with Gasteiger partial charge in [-0.15, -0.1) is 0 Å². The van der Waals surface area contributed by atoms with Crippen LogP contribution >= 0.6 is 34.8 Å². The Bertz CT molecular complexity index is 1180. The fourth-order valence-corrected chi connectivity index (χ4v) is 4.15. The van der Waals surface area contributed by atoms with Gasteiger partial charge in [-0.3, -0.25) is 0 Å². The van der Waals surface area contributed by atoms with Crippen LogP contribution in [-0.4, -0.2) is 0 Å². The molecule has 0 aliphatic rings. The molecule has 0 saturated carbocycles. The first kappa shape index (κ1) is 20.9. The molecule has 1 N–H and O–H groups in total. The number of ether oxygens (including phenoxy) is 1. The zero-order valence-electron chi connectivity index (χ0n) is 16.4. The standard InChI is InChI=1S/C25H20Cl3NO/c1-16-9-10-20(13-22(16)26)29-14-17-11-23(27)25(24(28)12-17)30-15-19-7-4-6-18-5-2-3-8-21(18)19/h2-13,29H,14-15H2,1H3. The van der Waals surface area contributed by atoms with Crippen molar-refractivity contribution in [1.82, 2.24) is 0 Å². The lowest BCUT2D eigenvalue weighted by Crippen LogP contribution is -2.02. The molecule has 0 unspecified atom stereocenters. The monoisotopic (exact) mass is 455 g/mol. The molecule has 0 atom stereocenters. The van der Waals surface area contributed by atoms with Gasteiger partial charge in [-0.25, -0.2) is 0 Å². The quantitative estimate of drug-likeness (QED) is 0.315. The van der Waals surface area contributed by atoms with E-state index in [2.05, 4.69) is 29.6 Å². The minimum Gasteiger partial charge on any atom is -0.486 e. The summed E-state index contributed by atoms with van der Waals surface area (Å²) in [6.07, 6.45) is 0. The molecule has 4 aromatic rings. The van der Waals surface area contributed by atoms with E-state index in [4.69, 9.17) is 39.5 Å². The highest BCUT2D eigenvalue weighted by molar-refractivity contribution is 6.37. The molecule has 0 aromatic heterocycles. The molecule has 2 nitrogen and oxygen atoms in total. The maximum Gasteiger partial charge on any atom is 0.156 e. The number of rotatable bonds is 6. The van der Waals surface area contributed by atoms with E-state index in [1.807, 2.05) is 55.5 Å². The van der Waals surface area contributed by atoms with Gasteiger partial charge in [-0.2, -0.15) is 0 Å². The van der Waals surface area contributed by atoms with Crippen LogP contribution in [0.5, 0.6) is 5.75 Å². The number of benzene rings is 4. The number of hydrogen-bond donors (Lipinski definition) is 1. The number of hydrogen-bond acceptors (Lipinski definition) is 2. The van der Waals surface area contributed by atoms with Gasteiger partial charge in [-0.05, 0) is 58.7 Å². The molecule has 5 heteroatoms. The summed E-state index contributed by atoms with van der Waals surface area (Å²) in [5, 5.41) is 7.37. The Kier molecular flexibility index (Phi) is 6.38. The molecule has 0 amide bonds. The summed E-state index contributed by atoms with van der Waals surface area (Å²) in [5.41, 5.74) is 4.02. The third-order valence-corrected chi connectivity index (χ3v) is 5.95. The molecule has 30 heavy (non-hydrogen) atoms. The lowest BCUT2D eigenvalue weighted by molar-refractivity contribution is 0.308. The van der Waals surface area contributed by atoms with E-state index in [-0.39, 0.29) is 0 Å². The van der Waals surface area contributed by atoms with E-state index in [0.717, 1.165) is 32.8 Å². The number of halogens is 3. The first-order valence-corrected chi connectivity index (χ1v) is 10.7. The van der Waals surface area contributed by atoms with Crippen molar-refractivity contribution < 1.29 is 4.74 Å². The normalized spacial score (nSPS) is 10.9. The van der Waals surface area contributed by atoms with Crippen LogP contribution in [0.15, 0.2) is 72.8 Å². The van der Waals surface area contributed by atoms with Crippen LogP contribution in [0, 0.1) is 6.92 Å². The predicted octanol–water partition coefficient (Wildman–Crippen LogP) is 8.30. The molecule has 4 aromatic carbocycles. The van der Waals surface area contributed by atoms with Crippen LogP contribution in [0.1, 0.15) is 16.7 Å². The van der Waals surface area contributed by atoms with Crippen molar-refractivity contribution in [2.45, 2.75) is 20.1 Å². The van der Waals surface area contributed by atoms with Crippen molar-refractivity contribution in [3.63, 3.8) is 0 Å². The molecule has 4 rings (SSSR count). The molecular formula is C25H20Cl3NO. The highest BCUT2D eigenvalue weighted by Gasteiger charge is 2.11. The number of fused-ring (bicyclic) bond motifs is 1. The minimum atomic E-state index is 0.389. The first-order valence-electron chi connectivity index (χ1n) is 9.58. The Morgan fingerprint density at radius 1 is 0.800 bits per heavy atom. The second-order valence-corrected chi connectivity index (χ2v) is 8.35. The molecule has 0 fully saturated rings. The maximum atomic E-state index is 6.49. The SMILES string of the molecule is Cc1ccc(NCc2cc(Cl)c(OCc3cccc4ccccc34)c(Cl)c2)cc1Cl. The van der Waals surface area contributed by atoms with Crippen LogP contribution in [0.25, 0.3) is 10.8 Å². The Labute approximate surface area is 191 Å². The number of nitrogens with one attached hydrogen (secondary N) is 1. The molecule has 0 spiro atoms. The Hall–Kier alpha value is -2.39. The Balaban J connectivity index is 1.47. The summed E-state index contributed by atoms with van der Waals surface area (Å²) < 4.78 is 6.01. The molecule has 0 heterocycles. The van der Waals surface area contributed by atoms with E-state index in [1.54, 1.807) is 0 Å². The van der Waals surface area contributed by atoms with E-state index < -0.39 is 0 Å². The summed E-state index contributed by atoms with van der Waals surface area (Å²) in [5.74, 6) is 0.494. The fourth-order valence-electron chi connectivity index (χ4n) is 3.33. The highest BCUT2D eigenvalue weighted by atomic mass is 35.5. The largest absolute Gasteiger partial charge is 0.486 e. The highest BCUT2D eigenvalue weighted by Crippen LogP contribution is 2.35. The smallest absolute Gasteiger partial charge is 0.156 e. The van der Waals surface area contributed by atoms with Gasteiger partial charge < -0.3 is 10.1 Å². The second-order valence-electron chi connectivity index (χ2n) is 7.13. The molecule has 0 radical (unpaired) electrons. The summed E-state index contributed by atoms with van der Waals surface area (Å²) in [6.45, 7) is 2.94. The van der Waals surface area contributed by atoms with Crippen LogP contribution in [0.3, 0.4) is 0 Å². The van der Waals surface area contributed by atoms with Gasteiger partial charge in [0.05, 0.1) is 10.0 Å². The summed E-state index contributed by atoms with van der Waals surface area (Å²) in [4.78, 5) is 0. The summed E-state index contributed by atoms with van der Waals surface area (Å²) in [6, 6.07) is 24.0. The van der Waals surface area contributed by atoms with Crippen molar-refractivity contribution in [3.8, 4) is 5.75 Å². The maximum absolute atomic E-state index is 6.49. The molecule has 0 aliphatic carbocycles. The Morgan fingerprint density at radius 3 is 2.30 bits per heavy atom. The van der Waals surface area contributed by atoms with Gasteiger partial charge in [0.1, 0.15) is 6.61 Å². The van der Waals surface area contributed by atoms with Gasteiger partial charge in [0.2, 0.25) is 0 Å². The molecule has 0 aliphatic heterocycles. The van der Waals surface area contributed by atoms with E-state index in [1.165, 1.54) is 5.39 Å². The van der Waals surface area contributed by atoms with Gasteiger partial charge in [0.25, 0.3) is 0 Å². The average molecular weight is 457 g/mol. The Morgan fingerprint density at radius 2 is 1.53 bits per heavy atom. The first-order chi connectivity index (χ1) is 14.5. The van der Waals surface area contributed by atoms with Crippen molar-refractivity contribution in [1.29, 1.82) is 0 Å². The second kappa shape index (κ2) is 9.18. The molecule has 0 saturated heterocycles. The molecule has 152 valence electrons. The van der Waals surface area contributed by atoms with Gasteiger partial charge in [0, 0.05) is 17.3 Å². The fraction of sp³-hybridized carbons (Fsp3) is 0.120. The van der Waals surface area contributed by atoms with Crippen LogP contribution in [0.4, 0.5) is 5.69 Å². The average Bonchev–Trinajstić information content (AvgIpc) is 2.74. The predicted molar refractivity (Wildman–Crippen MR) is 128 cm³/mol. The summed E-state index contributed by atoms with van der Waals surface area (Å²) in [7, 11) is 0.